The zero-order valence-electron chi connectivity index (χ0n) is 10.7. The van der Waals surface area contributed by atoms with Gasteiger partial charge in [0.2, 0.25) is 0 Å². The van der Waals surface area contributed by atoms with Crippen LogP contribution in [0, 0.1) is 11.3 Å². The lowest BCUT2D eigenvalue weighted by atomic mass is 9.75. The quantitative estimate of drug-likeness (QED) is 0.840. The van der Waals surface area contributed by atoms with Crippen molar-refractivity contribution in [2.45, 2.75) is 18.3 Å². The van der Waals surface area contributed by atoms with E-state index in [0.717, 1.165) is 17.5 Å². The number of rotatable bonds is 3. The average molecular weight is 258 g/mol. The average Bonchev–Trinajstić information content (AvgIpc) is 2.64. The van der Waals surface area contributed by atoms with Gasteiger partial charge < -0.3 is 9.15 Å². The van der Waals surface area contributed by atoms with Crippen molar-refractivity contribution in [2.24, 2.45) is 7.05 Å². The minimum atomic E-state index is -0.358. The van der Waals surface area contributed by atoms with Crippen molar-refractivity contribution >= 4 is 11.1 Å². The molecule has 0 amide bonds. The number of nitriles is 1. The van der Waals surface area contributed by atoms with Crippen LogP contribution in [0.2, 0.25) is 0 Å². The number of hydrogen-bond acceptors (Lipinski definition) is 4. The fraction of sp³-hybridized carbons (Fsp3) is 0.429. The molecule has 1 aliphatic heterocycles. The Bertz CT molecular complexity index is 716. The van der Waals surface area contributed by atoms with Crippen LogP contribution in [0.1, 0.15) is 18.4 Å². The van der Waals surface area contributed by atoms with Crippen LogP contribution >= 0.6 is 0 Å². The Labute approximate surface area is 110 Å². The highest BCUT2D eigenvalue weighted by atomic mass is 16.5. The maximum Gasteiger partial charge on any atom is 0.419 e. The van der Waals surface area contributed by atoms with Gasteiger partial charge in [-0.2, -0.15) is 5.26 Å². The summed E-state index contributed by atoms with van der Waals surface area (Å²) in [4.78, 5) is 11.5. The van der Waals surface area contributed by atoms with Crippen molar-refractivity contribution in [3.63, 3.8) is 0 Å². The SMILES string of the molecule is Cn1c(=O)oc2cc(C3(CCC#N)COC3)ccc21. The summed E-state index contributed by atoms with van der Waals surface area (Å²) in [6.07, 6.45) is 1.27. The number of hydrogen-bond donors (Lipinski definition) is 0. The number of aryl methyl sites for hydroxylation is 1. The highest BCUT2D eigenvalue weighted by Gasteiger charge is 2.40. The fourth-order valence-electron chi connectivity index (χ4n) is 2.56. The molecule has 3 rings (SSSR count). The Morgan fingerprint density at radius 3 is 2.89 bits per heavy atom. The molecule has 1 fully saturated rings. The minimum absolute atomic E-state index is 0.0989. The second-order valence-electron chi connectivity index (χ2n) is 5.04. The monoisotopic (exact) mass is 258 g/mol. The molecule has 19 heavy (non-hydrogen) atoms. The Morgan fingerprint density at radius 2 is 2.26 bits per heavy atom. The molecule has 0 atom stereocenters. The van der Waals surface area contributed by atoms with E-state index in [0.29, 0.717) is 25.2 Å². The molecule has 1 saturated heterocycles. The van der Waals surface area contributed by atoms with Crippen molar-refractivity contribution < 1.29 is 9.15 Å². The summed E-state index contributed by atoms with van der Waals surface area (Å²) < 4.78 is 12.0. The first-order valence-corrected chi connectivity index (χ1v) is 6.21. The molecule has 1 aliphatic rings. The molecule has 0 unspecified atom stereocenters. The van der Waals surface area contributed by atoms with Crippen LogP contribution in [0.4, 0.5) is 0 Å². The minimum Gasteiger partial charge on any atom is -0.408 e. The largest absolute Gasteiger partial charge is 0.419 e. The van der Waals surface area contributed by atoms with Gasteiger partial charge in [-0.1, -0.05) is 6.07 Å². The standard InChI is InChI=1S/C14H14N2O3/c1-16-11-4-3-10(7-12(11)19-13(16)17)14(5-2-6-15)8-18-9-14/h3-4,7H,2,5,8-9H2,1H3. The predicted molar refractivity (Wildman–Crippen MR) is 68.8 cm³/mol. The molecular formula is C14H14N2O3. The van der Waals surface area contributed by atoms with Gasteiger partial charge in [0.15, 0.2) is 5.58 Å². The van der Waals surface area contributed by atoms with Crippen LogP contribution in [0.25, 0.3) is 11.1 Å². The van der Waals surface area contributed by atoms with Crippen molar-refractivity contribution in [2.75, 3.05) is 13.2 Å². The van der Waals surface area contributed by atoms with Gasteiger partial charge in [-0.25, -0.2) is 4.79 Å². The Morgan fingerprint density at radius 1 is 1.47 bits per heavy atom. The number of ether oxygens (including phenoxy) is 1. The van der Waals surface area contributed by atoms with Crippen molar-refractivity contribution in [1.29, 1.82) is 5.26 Å². The summed E-state index contributed by atoms with van der Waals surface area (Å²) in [6, 6.07) is 7.97. The molecule has 0 spiro atoms. The summed E-state index contributed by atoms with van der Waals surface area (Å²) >= 11 is 0. The topological polar surface area (TPSA) is 68.2 Å². The molecule has 5 heteroatoms. The molecule has 0 radical (unpaired) electrons. The van der Waals surface area contributed by atoms with Gasteiger partial charge in [-0.15, -0.1) is 0 Å². The number of benzene rings is 1. The van der Waals surface area contributed by atoms with Gasteiger partial charge in [0.25, 0.3) is 0 Å². The molecule has 0 bridgehead atoms. The van der Waals surface area contributed by atoms with Crippen molar-refractivity contribution in [3.8, 4) is 6.07 Å². The predicted octanol–water partition coefficient (Wildman–Crippen LogP) is 1.70. The number of oxazole rings is 1. The van der Waals surface area contributed by atoms with E-state index < -0.39 is 0 Å². The van der Waals surface area contributed by atoms with E-state index in [1.54, 1.807) is 7.05 Å². The van der Waals surface area contributed by atoms with Gasteiger partial charge in [-0.05, 0) is 24.1 Å². The first-order chi connectivity index (χ1) is 9.16. The van der Waals surface area contributed by atoms with Crippen LogP contribution in [0.3, 0.4) is 0 Å². The van der Waals surface area contributed by atoms with Gasteiger partial charge in [0.1, 0.15) is 0 Å². The van der Waals surface area contributed by atoms with E-state index in [4.69, 9.17) is 14.4 Å². The summed E-state index contributed by atoms with van der Waals surface area (Å²) in [5.74, 6) is -0.358. The first kappa shape index (κ1) is 12.0. The van der Waals surface area contributed by atoms with Crippen molar-refractivity contribution in [3.05, 3.63) is 34.3 Å². The molecule has 0 N–H and O–H groups in total. The lowest BCUT2D eigenvalue weighted by Gasteiger charge is -2.41. The summed E-state index contributed by atoms with van der Waals surface area (Å²) in [5.41, 5.74) is 2.35. The van der Waals surface area contributed by atoms with E-state index >= 15 is 0 Å². The van der Waals surface area contributed by atoms with Crippen molar-refractivity contribution in [1.82, 2.24) is 4.57 Å². The van der Waals surface area contributed by atoms with E-state index in [-0.39, 0.29) is 11.2 Å². The normalized spacial score (nSPS) is 17.1. The molecule has 1 aromatic carbocycles. The van der Waals surface area contributed by atoms with Gasteiger partial charge in [-0.3, -0.25) is 4.57 Å². The highest BCUT2D eigenvalue weighted by molar-refractivity contribution is 5.74. The molecule has 5 nitrogen and oxygen atoms in total. The van der Waals surface area contributed by atoms with E-state index in [9.17, 15) is 4.79 Å². The Kier molecular flexibility index (Phi) is 2.68. The maximum atomic E-state index is 11.5. The fourth-order valence-corrected chi connectivity index (χ4v) is 2.56. The smallest absolute Gasteiger partial charge is 0.408 e. The Balaban J connectivity index is 2.05. The third kappa shape index (κ3) is 1.76. The second kappa shape index (κ2) is 4.25. The third-order valence-electron chi connectivity index (χ3n) is 3.88. The zero-order valence-corrected chi connectivity index (χ0v) is 10.7. The van der Waals surface area contributed by atoms with Gasteiger partial charge in [0.05, 0.1) is 24.8 Å². The lowest BCUT2D eigenvalue weighted by molar-refractivity contribution is -0.0636. The van der Waals surface area contributed by atoms with Crippen LogP contribution in [0.5, 0.6) is 0 Å². The molecule has 0 aliphatic carbocycles. The van der Waals surface area contributed by atoms with Crippen LogP contribution in [-0.4, -0.2) is 17.8 Å². The third-order valence-corrected chi connectivity index (χ3v) is 3.88. The molecule has 2 aromatic rings. The number of nitrogens with zero attached hydrogens (tertiary/aromatic N) is 2. The Hall–Kier alpha value is -2.06. The van der Waals surface area contributed by atoms with Gasteiger partial charge >= 0.3 is 5.76 Å². The number of aromatic nitrogens is 1. The molecule has 98 valence electrons. The van der Waals surface area contributed by atoms with E-state index in [1.807, 2.05) is 18.2 Å². The van der Waals surface area contributed by atoms with E-state index in [1.165, 1.54) is 4.57 Å². The first-order valence-electron chi connectivity index (χ1n) is 6.21. The van der Waals surface area contributed by atoms with Crippen LogP contribution in [0.15, 0.2) is 27.4 Å². The van der Waals surface area contributed by atoms with E-state index in [2.05, 4.69) is 6.07 Å². The van der Waals surface area contributed by atoms with Crippen LogP contribution in [-0.2, 0) is 17.2 Å². The summed E-state index contributed by atoms with van der Waals surface area (Å²) in [6.45, 7) is 1.24. The zero-order chi connectivity index (χ0) is 13.5. The summed E-state index contributed by atoms with van der Waals surface area (Å²) in [5, 5.41) is 8.75. The summed E-state index contributed by atoms with van der Waals surface area (Å²) in [7, 11) is 1.69. The highest BCUT2D eigenvalue weighted by Crippen LogP contribution is 2.37. The molecular weight excluding hydrogens is 244 g/mol. The maximum absolute atomic E-state index is 11.5. The lowest BCUT2D eigenvalue weighted by Crippen LogP contribution is -2.46. The second-order valence-corrected chi connectivity index (χ2v) is 5.04. The molecule has 0 saturated carbocycles. The molecule has 2 heterocycles. The van der Waals surface area contributed by atoms with Gasteiger partial charge in [0, 0.05) is 18.9 Å². The molecule has 1 aromatic heterocycles. The number of fused-ring (bicyclic) bond motifs is 1. The van der Waals surface area contributed by atoms with Crippen LogP contribution < -0.4 is 5.76 Å².